The van der Waals surface area contributed by atoms with E-state index in [1.54, 1.807) is 4.90 Å². The molecule has 104 valence electrons. The Balaban J connectivity index is 2.04. The van der Waals surface area contributed by atoms with E-state index in [0.29, 0.717) is 12.6 Å². The highest BCUT2D eigenvalue weighted by Gasteiger charge is 2.29. The molecule has 5 heteroatoms. The largest absolute Gasteiger partial charge is 0.483 e. The quantitative estimate of drug-likeness (QED) is 0.902. The summed E-state index contributed by atoms with van der Waals surface area (Å²) in [7, 11) is 1.83. The third-order valence-electron chi connectivity index (χ3n) is 3.36. The number of amides is 1. The summed E-state index contributed by atoms with van der Waals surface area (Å²) in [5.74, 6) is 0.746. The van der Waals surface area contributed by atoms with E-state index in [1.807, 2.05) is 26.1 Å². The van der Waals surface area contributed by atoms with Crippen LogP contribution in [0.3, 0.4) is 0 Å². The van der Waals surface area contributed by atoms with Crippen molar-refractivity contribution in [3.63, 3.8) is 0 Å². The van der Waals surface area contributed by atoms with Crippen LogP contribution in [0, 0.1) is 6.92 Å². The Kier molecular flexibility index (Phi) is 4.47. The van der Waals surface area contributed by atoms with Gasteiger partial charge in [0.05, 0.1) is 0 Å². The molecule has 1 amide bonds. The van der Waals surface area contributed by atoms with Gasteiger partial charge < -0.3 is 15.4 Å². The summed E-state index contributed by atoms with van der Waals surface area (Å²) >= 11 is 3.43. The standard InChI is InChI=1S/C14H19BrN2O2/c1-9-5-11(15)6-10(7-16)14(9)19-8-13(18)17(2)12-3-4-12/h5-6,12H,3-4,7-8,16H2,1-2H3. The SMILES string of the molecule is Cc1cc(Br)cc(CN)c1OCC(=O)N(C)C1CC1. The Hall–Kier alpha value is -1.07. The van der Waals surface area contributed by atoms with E-state index in [2.05, 4.69) is 15.9 Å². The number of likely N-dealkylation sites (N-methyl/N-ethyl adjacent to an activating group) is 1. The molecule has 1 fully saturated rings. The number of nitrogens with zero attached hydrogens (tertiary/aromatic N) is 1. The van der Waals surface area contributed by atoms with Gasteiger partial charge in [-0.05, 0) is 37.5 Å². The second-order valence-electron chi connectivity index (χ2n) is 4.94. The molecule has 1 aromatic carbocycles. The zero-order chi connectivity index (χ0) is 14.0. The lowest BCUT2D eigenvalue weighted by molar-refractivity contribution is -0.132. The highest BCUT2D eigenvalue weighted by Crippen LogP contribution is 2.28. The average Bonchev–Trinajstić information content (AvgIpc) is 3.19. The summed E-state index contributed by atoms with van der Waals surface area (Å²) < 4.78 is 6.65. The second kappa shape index (κ2) is 5.92. The van der Waals surface area contributed by atoms with E-state index in [0.717, 1.165) is 34.2 Å². The van der Waals surface area contributed by atoms with Crippen LogP contribution in [0.2, 0.25) is 0 Å². The summed E-state index contributed by atoms with van der Waals surface area (Å²) in [6.45, 7) is 2.42. The Morgan fingerprint density at radius 1 is 1.53 bits per heavy atom. The average molecular weight is 327 g/mol. The predicted molar refractivity (Wildman–Crippen MR) is 78.1 cm³/mol. The van der Waals surface area contributed by atoms with Crippen LogP contribution in [0.1, 0.15) is 24.0 Å². The monoisotopic (exact) mass is 326 g/mol. The third-order valence-corrected chi connectivity index (χ3v) is 3.82. The van der Waals surface area contributed by atoms with Crippen molar-refractivity contribution in [1.29, 1.82) is 0 Å². The van der Waals surface area contributed by atoms with Crippen LogP contribution in [-0.4, -0.2) is 30.5 Å². The van der Waals surface area contributed by atoms with Crippen LogP contribution >= 0.6 is 15.9 Å². The van der Waals surface area contributed by atoms with Crippen molar-refractivity contribution in [2.75, 3.05) is 13.7 Å². The number of halogens is 1. The lowest BCUT2D eigenvalue weighted by atomic mass is 10.1. The molecule has 4 nitrogen and oxygen atoms in total. The first-order chi connectivity index (χ1) is 9.02. The minimum absolute atomic E-state index is 0.0211. The molecule has 0 saturated heterocycles. The fraction of sp³-hybridized carbons (Fsp3) is 0.500. The van der Waals surface area contributed by atoms with Gasteiger partial charge >= 0.3 is 0 Å². The van der Waals surface area contributed by atoms with Gasteiger partial charge in [-0.25, -0.2) is 0 Å². The van der Waals surface area contributed by atoms with Gasteiger partial charge in [0.2, 0.25) is 0 Å². The molecule has 0 bridgehead atoms. The lowest BCUT2D eigenvalue weighted by Gasteiger charge is -2.18. The zero-order valence-corrected chi connectivity index (χ0v) is 12.9. The number of nitrogens with two attached hydrogens (primary N) is 1. The molecule has 0 atom stereocenters. The van der Waals surface area contributed by atoms with Gasteiger partial charge in [0.15, 0.2) is 6.61 Å². The molecule has 0 spiro atoms. The van der Waals surface area contributed by atoms with Gasteiger partial charge in [-0.15, -0.1) is 0 Å². The minimum Gasteiger partial charge on any atom is -0.483 e. The summed E-state index contributed by atoms with van der Waals surface area (Å²) in [6, 6.07) is 4.30. The van der Waals surface area contributed by atoms with E-state index in [4.69, 9.17) is 10.5 Å². The molecule has 19 heavy (non-hydrogen) atoms. The Morgan fingerprint density at radius 2 is 2.21 bits per heavy atom. The maximum Gasteiger partial charge on any atom is 0.260 e. The van der Waals surface area contributed by atoms with Gasteiger partial charge in [0, 0.05) is 29.7 Å². The van der Waals surface area contributed by atoms with Gasteiger partial charge in [-0.2, -0.15) is 0 Å². The number of hydrogen-bond donors (Lipinski definition) is 1. The Morgan fingerprint density at radius 3 is 2.79 bits per heavy atom. The number of carbonyl (C=O) groups excluding carboxylic acids is 1. The van der Waals surface area contributed by atoms with Gasteiger partial charge in [0.25, 0.3) is 5.91 Å². The molecule has 0 unspecified atom stereocenters. The van der Waals surface area contributed by atoms with Gasteiger partial charge in [0.1, 0.15) is 5.75 Å². The normalized spacial score (nSPS) is 14.3. The number of rotatable bonds is 5. The van der Waals surface area contributed by atoms with Crippen molar-refractivity contribution in [3.8, 4) is 5.75 Å². The van der Waals surface area contributed by atoms with E-state index in [9.17, 15) is 4.79 Å². The highest BCUT2D eigenvalue weighted by atomic mass is 79.9. The first kappa shape index (κ1) is 14.3. The molecule has 0 aromatic heterocycles. The maximum absolute atomic E-state index is 11.9. The summed E-state index contributed by atoms with van der Waals surface area (Å²) in [5.41, 5.74) is 7.61. The van der Waals surface area contributed by atoms with E-state index in [-0.39, 0.29) is 12.5 Å². The van der Waals surface area contributed by atoms with Crippen LogP contribution in [0.5, 0.6) is 5.75 Å². The Bertz CT molecular complexity index is 487. The molecule has 0 aliphatic heterocycles. The summed E-state index contributed by atoms with van der Waals surface area (Å²) in [6.07, 6.45) is 2.21. The van der Waals surface area contributed by atoms with Crippen LogP contribution in [-0.2, 0) is 11.3 Å². The summed E-state index contributed by atoms with van der Waals surface area (Å²) in [5, 5.41) is 0. The topological polar surface area (TPSA) is 55.6 Å². The predicted octanol–water partition coefficient (Wildman–Crippen LogP) is 2.22. The molecule has 2 N–H and O–H groups in total. The third kappa shape index (κ3) is 3.48. The van der Waals surface area contributed by atoms with E-state index < -0.39 is 0 Å². The lowest BCUT2D eigenvalue weighted by Crippen LogP contribution is -2.33. The molecule has 1 aliphatic carbocycles. The number of carbonyl (C=O) groups is 1. The molecule has 1 aromatic rings. The molecule has 1 saturated carbocycles. The number of ether oxygens (including phenoxy) is 1. The van der Waals surface area contributed by atoms with Crippen molar-refractivity contribution in [2.45, 2.75) is 32.4 Å². The van der Waals surface area contributed by atoms with Crippen molar-refractivity contribution in [3.05, 3.63) is 27.7 Å². The van der Waals surface area contributed by atoms with E-state index >= 15 is 0 Å². The van der Waals surface area contributed by atoms with Crippen LogP contribution in [0.15, 0.2) is 16.6 Å². The number of hydrogen-bond acceptors (Lipinski definition) is 3. The smallest absolute Gasteiger partial charge is 0.260 e. The molecular formula is C14H19BrN2O2. The van der Waals surface area contributed by atoms with Crippen molar-refractivity contribution in [1.82, 2.24) is 4.90 Å². The number of benzene rings is 1. The van der Waals surface area contributed by atoms with Crippen LogP contribution in [0.25, 0.3) is 0 Å². The van der Waals surface area contributed by atoms with Crippen molar-refractivity contribution < 1.29 is 9.53 Å². The van der Waals surface area contributed by atoms with Gasteiger partial charge in [-0.3, -0.25) is 4.79 Å². The van der Waals surface area contributed by atoms with Crippen LogP contribution < -0.4 is 10.5 Å². The minimum atomic E-state index is 0.0211. The second-order valence-corrected chi connectivity index (χ2v) is 5.86. The zero-order valence-electron chi connectivity index (χ0n) is 11.3. The summed E-state index contributed by atoms with van der Waals surface area (Å²) in [4.78, 5) is 13.7. The van der Waals surface area contributed by atoms with Crippen molar-refractivity contribution in [2.24, 2.45) is 5.73 Å². The first-order valence-corrected chi connectivity index (χ1v) is 7.19. The van der Waals surface area contributed by atoms with Crippen molar-refractivity contribution >= 4 is 21.8 Å². The first-order valence-electron chi connectivity index (χ1n) is 6.40. The Labute approximate surface area is 122 Å². The molecule has 0 radical (unpaired) electrons. The fourth-order valence-corrected chi connectivity index (χ4v) is 2.68. The maximum atomic E-state index is 11.9. The molecule has 2 rings (SSSR count). The van der Waals surface area contributed by atoms with Crippen LogP contribution in [0.4, 0.5) is 0 Å². The fourth-order valence-electron chi connectivity index (χ4n) is 2.06. The van der Waals surface area contributed by atoms with Gasteiger partial charge in [-0.1, -0.05) is 15.9 Å². The molecule has 1 aliphatic rings. The molecule has 0 heterocycles. The molecular weight excluding hydrogens is 308 g/mol. The van der Waals surface area contributed by atoms with E-state index in [1.165, 1.54) is 0 Å². The number of aryl methyl sites for hydroxylation is 1. The highest BCUT2D eigenvalue weighted by molar-refractivity contribution is 9.10.